The molecule has 2 aromatic rings. The lowest BCUT2D eigenvalue weighted by Gasteiger charge is -2.09. The predicted octanol–water partition coefficient (Wildman–Crippen LogP) is 3.19. The summed E-state index contributed by atoms with van der Waals surface area (Å²) < 4.78 is 44.7. The average Bonchev–Trinajstić information content (AvgIpc) is 2.53. The zero-order chi connectivity index (χ0) is 16.9. The Hall–Kier alpha value is -2.41. The Labute approximate surface area is 134 Å². The van der Waals surface area contributed by atoms with Crippen molar-refractivity contribution in [1.82, 2.24) is 0 Å². The van der Waals surface area contributed by atoms with Gasteiger partial charge < -0.3 is 4.74 Å². The molecule has 0 saturated heterocycles. The second-order valence-corrected chi connectivity index (χ2v) is 6.46. The standard InChI is InChI=1S/C16H16FNO4S/c1-2-10-22-16(19)12-6-8-14(9-7-12)18-23(20,21)15-5-3-4-13(17)11-15/h3-9,11,18H,2,10H2,1H3. The SMILES string of the molecule is CCCOC(=O)c1ccc(NS(=O)(=O)c2cccc(F)c2)cc1. The van der Waals surface area contributed by atoms with Crippen molar-refractivity contribution in [2.75, 3.05) is 11.3 Å². The molecule has 0 bridgehead atoms. The number of anilines is 1. The Kier molecular flexibility index (Phi) is 5.33. The lowest BCUT2D eigenvalue weighted by Crippen LogP contribution is -2.13. The highest BCUT2D eigenvalue weighted by Gasteiger charge is 2.15. The molecule has 0 aliphatic carbocycles. The largest absolute Gasteiger partial charge is 0.462 e. The molecule has 0 unspecified atom stereocenters. The van der Waals surface area contributed by atoms with E-state index in [1.807, 2.05) is 6.92 Å². The maximum absolute atomic E-state index is 13.1. The normalized spacial score (nSPS) is 11.0. The minimum Gasteiger partial charge on any atom is -0.462 e. The molecule has 0 atom stereocenters. The third kappa shape index (κ3) is 4.53. The summed E-state index contributed by atoms with van der Waals surface area (Å²) in [6, 6.07) is 10.5. The van der Waals surface area contributed by atoms with Crippen LogP contribution in [0.15, 0.2) is 53.4 Å². The number of ether oxygens (including phenoxy) is 1. The van der Waals surface area contributed by atoms with Crippen molar-refractivity contribution in [3.05, 3.63) is 59.9 Å². The molecular formula is C16H16FNO4S. The first kappa shape index (κ1) is 17.0. The number of rotatable bonds is 6. The lowest BCUT2D eigenvalue weighted by molar-refractivity contribution is 0.0505. The Morgan fingerprint density at radius 2 is 1.87 bits per heavy atom. The minimum absolute atomic E-state index is 0.177. The van der Waals surface area contributed by atoms with E-state index in [0.717, 1.165) is 18.6 Å². The van der Waals surface area contributed by atoms with Crippen molar-refractivity contribution in [1.29, 1.82) is 0 Å². The van der Waals surface area contributed by atoms with E-state index in [9.17, 15) is 17.6 Å². The van der Waals surface area contributed by atoms with Crippen LogP contribution in [0.1, 0.15) is 23.7 Å². The number of esters is 1. The highest BCUT2D eigenvalue weighted by atomic mass is 32.2. The van der Waals surface area contributed by atoms with Crippen LogP contribution in [0.3, 0.4) is 0 Å². The molecule has 5 nitrogen and oxygen atoms in total. The van der Waals surface area contributed by atoms with Gasteiger partial charge in [-0.25, -0.2) is 17.6 Å². The summed E-state index contributed by atoms with van der Waals surface area (Å²) in [7, 11) is -3.89. The van der Waals surface area contributed by atoms with Gasteiger partial charge in [0.1, 0.15) is 5.82 Å². The van der Waals surface area contributed by atoms with Crippen LogP contribution >= 0.6 is 0 Å². The van der Waals surface area contributed by atoms with E-state index in [-0.39, 0.29) is 10.6 Å². The Bertz CT molecular complexity index is 788. The first-order valence-electron chi connectivity index (χ1n) is 6.98. The molecule has 7 heteroatoms. The molecule has 0 amide bonds. The Morgan fingerprint density at radius 3 is 2.48 bits per heavy atom. The zero-order valence-corrected chi connectivity index (χ0v) is 13.3. The summed E-state index contributed by atoms with van der Waals surface area (Å²) in [5.41, 5.74) is 0.591. The third-order valence-corrected chi connectivity index (χ3v) is 4.30. The fraction of sp³-hybridized carbons (Fsp3) is 0.188. The molecule has 0 radical (unpaired) electrons. The van der Waals surface area contributed by atoms with E-state index in [2.05, 4.69) is 4.72 Å². The van der Waals surface area contributed by atoms with Gasteiger partial charge in [0.05, 0.1) is 17.1 Å². The Morgan fingerprint density at radius 1 is 1.17 bits per heavy atom. The first-order chi connectivity index (χ1) is 10.9. The van der Waals surface area contributed by atoms with E-state index in [1.54, 1.807) is 0 Å². The topological polar surface area (TPSA) is 72.5 Å². The van der Waals surface area contributed by atoms with Gasteiger partial charge in [-0.15, -0.1) is 0 Å². The van der Waals surface area contributed by atoms with Crippen LogP contribution in [0.5, 0.6) is 0 Å². The average molecular weight is 337 g/mol. The van der Waals surface area contributed by atoms with Gasteiger partial charge in [-0.2, -0.15) is 0 Å². The molecule has 2 rings (SSSR count). The van der Waals surface area contributed by atoms with Gasteiger partial charge in [0.25, 0.3) is 10.0 Å². The number of hydrogen-bond donors (Lipinski definition) is 1. The van der Waals surface area contributed by atoms with Crippen LogP contribution in [0, 0.1) is 5.82 Å². The van der Waals surface area contributed by atoms with Crippen LogP contribution in [-0.2, 0) is 14.8 Å². The van der Waals surface area contributed by atoms with Gasteiger partial charge >= 0.3 is 5.97 Å². The number of nitrogens with one attached hydrogen (secondary N) is 1. The number of halogens is 1. The third-order valence-electron chi connectivity index (χ3n) is 2.92. The maximum Gasteiger partial charge on any atom is 0.338 e. The van der Waals surface area contributed by atoms with Crippen LogP contribution in [0.25, 0.3) is 0 Å². The molecule has 0 aliphatic rings. The Balaban J connectivity index is 2.13. The van der Waals surface area contributed by atoms with E-state index in [0.29, 0.717) is 12.2 Å². The molecule has 0 fully saturated rings. The van der Waals surface area contributed by atoms with Crippen molar-refractivity contribution in [2.45, 2.75) is 18.2 Å². The van der Waals surface area contributed by atoms with Crippen molar-refractivity contribution >= 4 is 21.7 Å². The summed E-state index contributed by atoms with van der Waals surface area (Å²) in [5.74, 6) is -1.10. The van der Waals surface area contributed by atoms with E-state index in [4.69, 9.17) is 4.74 Å². The monoisotopic (exact) mass is 337 g/mol. The van der Waals surface area contributed by atoms with Gasteiger partial charge in [-0.1, -0.05) is 13.0 Å². The smallest absolute Gasteiger partial charge is 0.338 e. The predicted molar refractivity (Wildman–Crippen MR) is 84.2 cm³/mol. The summed E-state index contributed by atoms with van der Waals surface area (Å²) in [6.07, 6.45) is 0.720. The van der Waals surface area contributed by atoms with Crippen molar-refractivity contribution in [2.24, 2.45) is 0 Å². The molecule has 2 aromatic carbocycles. The minimum atomic E-state index is -3.89. The summed E-state index contributed by atoms with van der Waals surface area (Å²) in [4.78, 5) is 11.5. The molecule has 122 valence electrons. The van der Waals surface area contributed by atoms with Crippen LogP contribution in [0.4, 0.5) is 10.1 Å². The molecular weight excluding hydrogens is 321 g/mol. The van der Waals surface area contributed by atoms with Crippen molar-refractivity contribution < 1.29 is 22.3 Å². The van der Waals surface area contributed by atoms with Crippen LogP contribution in [-0.4, -0.2) is 21.0 Å². The molecule has 0 saturated carbocycles. The molecule has 0 heterocycles. The van der Waals surface area contributed by atoms with E-state index in [1.165, 1.54) is 36.4 Å². The number of carbonyl (C=O) groups excluding carboxylic acids is 1. The second kappa shape index (κ2) is 7.23. The first-order valence-corrected chi connectivity index (χ1v) is 8.46. The molecule has 0 spiro atoms. The van der Waals surface area contributed by atoms with Gasteiger partial charge in [0, 0.05) is 5.69 Å². The number of hydrogen-bond acceptors (Lipinski definition) is 4. The zero-order valence-electron chi connectivity index (χ0n) is 12.5. The molecule has 0 aromatic heterocycles. The fourth-order valence-corrected chi connectivity index (χ4v) is 2.89. The highest BCUT2D eigenvalue weighted by molar-refractivity contribution is 7.92. The molecule has 23 heavy (non-hydrogen) atoms. The summed E-state index contributed by atoms with van der Waals surface area (Å²) in [6.45, 7) is 2.21. The quantitative estimate of drug-likeness (QED) is 0.822. The molecule has 1 N–H and O–H groups in total. The van der Waals surface area contributed by atoms with Crippen molar-refractivity contribution in [3.63, 3.8) is 0 Å². The van der Waals surface area contributed by atoms with E-state index >= 15 is 0 Å². The van der Waals surface area contributed by atoms with E-state index < -0.39 is 21.8 Å². The van der Waals surface area contributed by atoms with Gasteiger partial charge in [0.2, 0.25) is 0 Å². The van der Waals surface area contributed by atoms with Gasteiger partial charge in [0.15, 0.2) is 0 Å². The van der Waals surface area contributed by atoms with Crippen LogP contribution in [0.2, 0.25) is 0 Å². The lowest BCUT2D eigenvalue weighted by atomic mass is 10.2. The summed E-state index contributed by atoms with van der Waals surface area (Å²) in [5, 5.41) is 0. The summed E-state index contributed by atoms with van der Waals surface area (Å²) >= 11 is 0. The highest BCUT2D eigenvalue weighted by Crippen LogP contribution is 2.17. The number of sulfonamides is 1. The van der Waals surface area contributed by atoms with Gasteiger partial charge in [-0.05, 0) is 48.9 Å². The fourth-order valence-electron chi connectivity index (χ4n) is 1.80. The van der Waals surface area contributed by atoms with Crippen LogP contribution < -0.4 is 4.72 Å². The molecule has 0 aliphatic heterocycles. The number of carbonyl (C=O) groups is 1. The second-order valence-electron chi connectivity index (χ2n) is 4.78. The van der Waals surface area contributed by atoms with Gasteiger partial charge in [-0.3, -0.25) is 4.72 Å². The maximum atomic E-state index is 13.1. The van der Waals surface area contributed by atoms with Crippen molar-refractivity contribution in [3.8, 4) is 0 Å². The number of benzene rings is 2.